The number of carbonyl (C=O) groups excluding carboxylic acids is 1. The Morgan fingerprint density at radius 3 is 2.26 bits per heavy atom. The van der Waals surface area contributed by atoms with Crippen LogP contribution < -0.4 is 5.32 Å². The summed E-state index contributed by atoms with van der Waals surface area (Å²) in [6.07, 6.45) is 1.62. The van der Waals surface area contributed by atoms with Crippen molar-refractivity contribution in [3.63, 3.8) is 0 Å². The molecule has 1 aliphatic carbocycles. The fourth-order valence-electron chi connectivity index (χ4n) is 4.32. The first-order valence-corrected chi connectivity index (χ1v) is 14.7. The Labute approximate surface area is 235 Å². The summed E-state index contributed by atoms with van der Waals surface area (Å²) in [7, 11) is -2.80. The van der Waals surface area contributed by atoms with Crippen LogP contribution in [0.4, 0.5) is 5.69 Å². The van der Waals surface area contributed by atoms with Gasteiger partial charge in [-0.15, -0.1) is 0 Å². The number of hydrogen-bond acceptors (Lipinski definition) is 6. The molecule has 5 rings (SSSR count). The number of nitrogens with zero attached hydrogens (tertiary/aromatic N) is 2. The third-order valence-electron chi connectivity index (χ3n) is 6.57. The molecular formula is C27H23Cl3N4O3S. The van der Waals surface area contributed by atoms with Gasteiger partial charge in [0.25, 0.3) is 5.89 Å². The summed E-state index contributed by atoms with van der Waals surface area (Å²) < 4.78 is 25.6. The van der Waals surface area contributed by atoms with Crippen LogP contribution in [0, 0.1) is 4.78 Å². The molecule has 1 amide bonds. The maximum absolute atomic E-state index is 12.7. The molecule has 1 aromatic heterocycles. The summed E-state index contributed by atoms with van der Waals surface area (Å²) in [5.74, 6) is 0.867. The molecule has 196 valence electrons. The highest BCUT2D eigenvalue weighted by Crippen LogP contribution is 2.57. The molecule has 1 fully saturated rings. The van der Waals surface area contributed by atoms with E-state index in [9.17, 15) is 9.00 Å². The number of amides is 1. The predicted octanol–water partition coefficient (Wildman–Crippen LogP) is 7.38. The summed E-state index contributed by atoms with van der Waals surface area (Å²) in [6, 6.07) is 17.2. The van der Waals surface area contributed by atoms with Crippen LogP contribution in [0.15, 0.2) is 70.1 Å². The van der Waals surface area contributed by atoms with Crippen molar-refractivity contribution in [3.05, 3.63) is 92.7 Å². The van der Waals surface area contributed by atoms with E-state index in [2.05, 4.69) is 15.5 Å². The third-order valence-corrected chi connectivity index (χ3v) is 9.27. The van der Waals surface area contributed by atoms with Gasteiger partial charge in [-0.2, -0.15) is 4.98 Å². The second kappa shape index (κ2) is 10.3. The van der Waals surface area contributed by atoms with Gasteiger partial charge in [-0.05, 0) is 66.9 Å². The maximum Gasteiger partial charge on any atom is 0.257 e. The molecule has 7 nitrogen and oxygen atoms in total. The van der Waals surface area contributed by atoms with Crippen LogP contribution in [0.1, 0.15) is 36.7 Å². The molecule has 0 radical (unpaired) electrons. The van der Waals surface area contributed by atoms with Gasteiger partial charge in [0.15, 0.2) is 5.82 Å². The zero-order valence-corrected chi connectivity index (χ0v) is 23.3. The zero-order chi connectivity index (χ0) is 27.1. The van der Waals surface area contributed by atoms with Crippen molar-refractivity contribution in [3.8, 4) is 11.5 Å². The van der Waals surface area contributed by atoms with E-state index in [0.717, 1.165) is 24.0 Å². The molecule has 3 aromatic carbocycles. The van der Waals surface area contributed by atoms with Crippen LogP contribution in [-0.2, 0) is 26.4 Å². The normalized spacial score (nSPS) is 15.6. The van der Waals surface area contributed by atoms with E-state index < -0.39 is 15.1 Å². The number of nitrogens with one attached hydrogen (secondary N) is 2. The quantitative estimate of drug-likeness (QED) is 0.223. The van der Waals surface area contributed by atoms with Crippen molar-refractivity contribution >= 4 is 56.1 Å². The predicted molar refractivity (Wildman–Crippen MR) is 150 cm³/mol. The topological polar surface area (TPSA) is 109 Å². The van der Waals surface area contributed by atoms with E-state index in [-0.39, 0.29) is 18.1 Å². The van der Waals surface area contributed by atoms with Crippen molar-refractivity contribution in [1.29, 1.82) is 4.78 Å². The number of benzene rings is 3. The summed E-state index contributed by atoms with van der Waals surface area (Å²) in [4.78, 5) is 17.7. The first kappa shape index (κ1) is 26.7. The molecule has 11 heteroatoms. The Hall–Kier alpha value is -2.91. The second-order valence-electron chi connectivity index (χ2n) is 9.16. The number of hydrogen-bond donors (Lipinski definition) is 2. The molecular weight excluding hydrogens is 567 g/mol. The number of rotatable bonds is 8. The summed E-state index contributed by atoms with van der Waals surface area (Å²) >= 11 is 19.3. The van der Waals surface area contributed by atoms with Crippen molar-refractivity contribution in [1.82, 2.24) is 10.1 Å². The lowest BCUT2D eigenvalue weighted by molar-refractivity contribution is -0.115. The van der Waals surface area contributed by atoms with Crippen LogP contribution in [0.5, 0.6) is 0 Å². The number of halogens is 3. The lowest BCUT2D eigenvalue weighted by Crippen LogP contribution is -2.16. The zero-order valence-electron chi connectivity index (χ0n) is 20.3. The minimum Gasteiger partial charge on any atom is -0.334 e. The minimum atomic E-state index is -2.80. The van der Waals surface area contributed by atoms with Crippen LogP contribution in [-0.4, -0.2) is 26.0 Å². The first-order valence-electron chi connectivity index (χ1n) is 11.9. The lowest BCUT2D eigenvalue weighted by Gasteiger charge is -2.17. The second-order valence-corrected chi connectivity index (χ2v) is 12.8. The highest BCUT2D eigenvalue weighted by molar-refractivity contribution is 7.92. The van der Waals surface area contributed by atoms with E-state index in [1.165, 1.54) is 0 Å². The molecule has 0 aliphatic heterocycles. The Bertz CT molecular complexity index is 1590. The molecule has 4 aromatic rings. The average molecular weight is 590 g/mol. The Morgan fingerprint density at radius 2 is 1.68 bits per heavy atom. The third kappa shape index (κ3) is 5.31. The highest BCUT2D eigenvalue weighted by Gasteiger charge is 2.52. The van der Waals surface area contributed by atoms with Crippen molar-refractivity contribution < 1.29 is 13.5 Å². The monoisotopic (exact) mass is 588 g/mol. The lowest BCUT2D eigenvalue weighted by atomic mass is 9.94. The molecule has 1 aliphatic rings. The van der Waals surface area contributed by atoms with Crippen molar-refractivity contribution in [2.45, 2.75) is 36.5 Å². The fraction of sp³-hybridized carbons (Fsp3) is 0.222. The van der Waals surface area contributed by atoms with Crippen LogP contribution in [0.2, 0.25) is 15.1 Å². The molecule has 0 saturated heterocycles. The smallest absolute Gasteiger partial charge is 0.257 e. The van der Waals surface area contributed by atoms with Gasteiger partial charge in [0, 0.05) is 42.5 Å². The minimum absolute atomic E-state index is 0.100. The number of aromatic nitrogens is 2. The molecule has 0 spiro atoms. The summed E-state index contributed by atoms with van der Waals surface area (Å²) in [6.45, 7) is 1.71. The van der Waals surface area contributed by atoms with E-state index in [1.807, 2.05) is 12.1 Å². The average Bonchev–Trinajstić information content (AvgIpc) is 3.51. The maximum atomic E-state index is 12.7. The number of carbonyl (C=O) groups is 1. The van der Waals surface area contributed by atoms with E-state index in [4.69, 9.17) is 44.1 Å². The van der Waals surface area contributed by atoms with E-state index in [0.29, 0.717) is 42.9 Å². The standard InChI is InChI=1S/C27H23Cl3N4O3S/c1-2-38(31,36)20-9-3-16(4-10-20)13-23(35)32-19-14-21(29)24(22(30)15-19)27(11-12-27)26-33-25(37-34-26)17-5-7-18(28)8-6-17/h3-10,14-15,31H,2,11-13H2,1H3,(H,32,35). The van der Waals surface area contributed by atoms with Gasteiger partial charge in [0.2, 0.25) is 5.91 Å². The van der Waals surface area contributed by atoms with Gasteiger partial charge in [-0.25, -0.2) is 8.99 Å². The van der Waals surface area contributed by atoms with Crippen molar-refractivity contribution in [2.75, 3.05) is 11.1 Å². The van der Waals surface area contributed by atoms with Crippen LogP contribution >= 0.6 is 34.8 Å². The van der Waals surface area contributed by atoms with E-state index in [1.54, 1.807) is 55.5 Å². The first-order chi connectivity index (χ1) is 18.1. The van der Waals surface area contributed by atoms with Gasteiger partial charge in [0.05, 0.1) is 21.6 Å². The van der Waals surface area contributed by atoms with Crippen LogP contribution in [0.3, 0.4) is 0 Å². The molecule has 0 bridgehead atoms. The van der Waals surface area contributed by atoms with Gasteiger partial charge in [0.1, 0.15) is 0 Å². The molecule has 1 unspecified atom stereocenters. The molecule has 1 heterocycles. The molecule has 1 atom stereocenters. The Morgan fingerprint density at radius 1 is 1.05 bits per heavy atom. The van der Waals surface area contributed by atoms with Crippen LogP contribution in [0.25, 0.3) is 11.5 Å². The Balaban J connectivity index is 1.32. The highest BCUT2D eigenvalue weighted by atomic mass is 35.5. The summed E-state index contributed by atoms with van der Waals surface area (Å²) in [5, 5.41) is 8.47. The van der Waals surface area contributed by atoms with E-state index >= 15 is 0 Å². The van der Waals surface area contributed by atoms with Gasteiger partial charge < -0.3 is 9.84 Å². The molecule has 38 heavy (non-hydrogen) atoms. The molecule has 1 saturated carbocycles. The SMILES string of the molecule is CCS(=N)(=O)c1ccc(CC(=O)Nc2cc(Cl)c(C3(c4noc(-c5ccc(Cl)cc5)n4)CC3)c(Cl)c2)cc1. The van der Waals surface area contributed by atoms with Crippen molar-refractivity contribution in [2.24, 2.45) is 0 Å². The van der Waals surface area contributed by atoms with Gasteiger partial charge in [-0.1, -0.05) is 59.0 Å². The molecule has 2 N–H and O–H groups in total. The summed E-state index contributed by atoms with van der Waals surface area (Å²) in [5.41, 5.74) is 2.11. The fourth-order valence-corrected chi connectivity index (χ4v) is 6.21. The number of anilines is 1. The van der Waals surface area contributed by atoms with Gasteiger partial charge in [-0.3, -0.25) is 4.79 Å². The largest absolute Gasteiger partial charge is 0.334 e. The Kier molecular flexibility index (Phi) is 7.26. The van der Waals surface area contributed by atoms with Gasteiger partial charge >= 0.3 is 0 Å².